The molecule has 0 amide bonds. The van der Waals surface area contributed by atoms with Gasteiger partial charge in [-0.2, -0.15) is 4.31 Å². The molecule has 0 unspecified atom stereocenters. The maximum Gasteiger partial charge on any atom is 0.246 e. The van der Waals surface area contributed by atoms with Crippen molar-refractivity contribution in [2.45, 2.75) is 17.7 Å². The number of benzene rings is 1. The molecule has 0 spiro atoms. The lowest BCUT2D eigenvalue weighted by Crippen LogP contribution is -2.28. The van der Waals surface area contributed by atoms with Crippen LogP contribution in [-0.4, -0.2) is 32.9 Å². The normalized spacial score (nSPS) is 17.1. The highest BCUT2D eigenvalue weighted by atomic mass is 79.9. The van der Waals surface area contributed by atoms with E-state index in [2.05, 4.69) is 15.9 Å². The molecule has 0 N–H and O–H groups in total. The van der Waals surface area contributed by atoms with Crippen LogP contribution >= 0.6 is 15.9 Å². The minimum atomic E-state index is -3.67. The van der Waals surface area contributed by atoms with Gasteiger partial charge in [0.2, 0.25) is 10.0 Å². The van der Waals surface area contributed by atoms with Gasteiger partial charge in [0.1, 0.15) is 16.5 Å². The molecule has 0 atom stereocenters. The Labute approximate surface area is 114 Å². The number of hydrogen-bond acceptors (Lipinski definition) is 3. The Morgan fingerprint density at radius 2 is 1.94 bits per heavy atom. The van der Waals surface area contributed by atoms with Crippen LogP contribution in [0.2, 0.25) is 0 Å². The lowest BCUT2D eigenvalue weighted by molar-refractivity contribution is 0.396. The topological polar surface area (TPSA) is 46.6 Å². The van der Waals surface area contributed by atoms with E-state index >= 15 is 0 Å². The fourth-order valence-corrected chi connectivity index (χ4v) is 3.93. The van der Waals surface area contributed by atoms with Crippen LogP contribution in [0.3, 0.4) is 0 Å². The smallest absolute Gasteiger partial charge is 0.246 e. The fourth-order valence-electron chi connectivity index (χ4n) is 1.94. The van der Waals surface area contributed by atoms with Crippen molar-refractivity contribution in [1.29, 1.82) is 0 Å². The van der Waals surface area contributed by atoms with Gasteiger partial charge in [0.15, 0.2) is 0 Å². The highest BCUT2D eigenvalue weighted by Gasteiger charge is 2.30. The Morgan fingerprint density at radius 1 is 1.33 bits per heavy atom. The summed E-state index contributed by atoms with van der Waals surface area (Å²) in [6, 6.07) is 2.33. The Hall–Kier alpha value is -0.660. The van der Waals surface area contributed by atoms with Crippen molar-refractivity contribution in [3.63, 3.8) is 0 Å². The van der Waals surface area contributed by atoms with Crippen molar-refractivity contribution in [3.8, 4) is 5.75 Å². The first-order valence-corrected chi connectivity index (χ1v) is 7.73. The monoisotopic (exact) mass is 337 g/mol. The van der Waals surface area contributed by atoms with E-state index in [1.165, 1.54) is 17.5 Å². The first-order valence-electron chi connectivity index (χ1n) is 5.50. The van der Waals surface area contributed by atoms with E-state index in [1.54, 1.807) is 0 Å². The molecule has 100 valence electrons. The van der Waals surface area contributed by atoms with E-state index in [0.29, 0.717) is 13.1 Å². The lowest BCUT2D eigenvalue weighted by atomic mass is 10.3. The Kier molecular flexibility index (Phi) is 3.93. The molecule has 1 aliphatic heterocycles. The number of methoxy groups -OCH3 is 1. The quantitative estimate of drug-likeness (QED) is 0.850. The van der Waals surface area contributed by atoms with Crippen LogP contribution in [0, 0.1) is 5.82 Å². The highest BCUT2D eigenvalue weighted by molar-refractivity contribution is 9.10. The molecule has 0 bridgehead atoms. The molecule has 18 heavy (non-hydrogen) atoms. The Morgan fingerprint density at radius 3 is 2.50 bits per heavy atom. The van der Waals surface area contributed by atoms with E-state index in [0.717, 1.165) is 18.9 Å². The zero-order chi connectivity index (χ0) is 13.3. The number of ether oxygens (including phenoxy) is 1. The molecule has 1 heterocycles. The molecule has 0 radical (unpaired) electrons. The van der Waals surface area contributed by atoms with Gasteiger partial charge in [-0.05, 0) is 40.9 Å². The van der Waals surface area contributed by atoms with Gasteiger partial charge >= 0.3 is 0 Å². The zero-order valence-electron chi connectivity index (χ0n) is 9.82. The Balaban J connectivity index is 2.52. The van der Waals surface area contributed by atoms with Crippen LogP contribution in [0.5, 0.6) is 5.75 Å². The van der Waals surface area contributed by atoms with Gasteiger partial charge in [-0.1, -0.05) is 0 Å². The molecule has 1 saturated heterocycles. The van der Waals surface area contributed by atoms with Crippen LogP contribution in [0.1, 0.15) is 12.8 Å². The van der Waals surface area contributed by atoms with Gasteiger partial charge in [-0.15, -0.1) is 0 Å². The molecule has 1 aliphatic rings. The number of nitrogens with zero attached hydrogens (tertiary/aromatic N) is 1. The van der Waals surface area contributed by atoms with E-state index in [-0.39, 0.29) is 15.1 Å². The van der Waals surface area contributed by atoms with Gasteiger partial charge in [-0.25, -0.2) is 12.8 Å². The number of sulfonamides is 1. The van der Waals surface area contributed by atoms with Gasteiger partial charge in [0.05, 0.1) is 11.6 Å². The van der Waals surface area contributed by atoms with Gasteiger partial charge in [-0.3, -0.25) is 0 Å². The molecule has 7 heteroatoms. The fraction of sp³-hybridized carbons (Fsp3) is 0.455. The Bertz CT molecular complexity index is 556. The minimum absolute atomic E-state index is 0.118. The average Bonchev–Trinajstić information content (AvgIpc) is 2.86. The van der Waals surface area contributed by atoms with Crippen LogP contribution < -0.4 is 4.74 Å². The summed E-state index contributed by atoms with van der Waals surface area (Å²) in [5.74, 6) is -0.469. The van der Waals surface area contributed by atoms with Crippen LogP contribution in [0.25, 0.3) is 0 Å². The maximum absolute atomic E-state index is 13.5. The van der Waals surface area contributed by atoms with Crippen molar-refractivity contribution in [1.82, 2.24) is 4.31 Å². The molecule has 1 aromatic rings. The van der Waals surface area contributed by atoms with Crippen LogP contribution in [0.15, 0.2) is 21.5 Å². The highest BCUT2D eigenvalue weighted by Crippen LogP contribution is 2.32. The summed E-state index contributed by atoms with van der Waals surface area (Å²) in [4.78, 5) is -0.118. The standard InChI is InChI=1S/C11H13BrFNO3S/c1-17-10-6-8(12)9(13)7-11(10)18(15,16)14-4-2-3-5-14/h6-7H,2-5H2,1H3. The number of hydrogen-bond donors (Lipinski definition) is 0. The van der Waals surface area contributed by atoms with Crippen molar-refractivity contribution < 1.29 is 17.5 Å². The molecule has 1 fully saturated rings. The molecular formula is C11H13BrFNO3S. The summed E-state index contributed by atoms with van der Waals surface area (Å²) in [5, 5.41) is 0. The van der Waals surface area contributed by atoms with Gasteiger partial charge in [0.25, 0.3) is 0 Å². The minimum Gasteiger partial charge on any atom is -0.495 e. The summed E-state index contributed by atoms with van der Waals surface area (Å²) in [6.07, 6.45) is 1.67. The van der Waals surface area contributed by atoms with Crippen molar-refractivity contribution >= 4 is 26.0 Å². The second-order valence-corrected chi connectivity index (χ2v) is 6.79. The van der Waals surface area contributed by atoms with Crippen molar-refractivity contribution in [2.24, 2.45) is 0 Å². The van der Waals surface area contributed by atoms with E-state index in [4.69, 9.17) is 4.74 Å². The van der Waals surface area contributed by atoms with Crippen molar-refractivity contribution in [3.05, 3.63) is 22.4 Å². The van der Waals surface area contributed by atoms with Gasteiger partial charge in [0, 0.05) is 13.1 Å². The van der Waals surface area contributed by atoms with Crippen LogP contribution in [-0.2, 0) is 10.0 Å². The van der Waals surface area contributed by atoms with E-state index in [9.17, 15) is 12.8 Å². The first-order chi connectivity index (χ1) is 8.46. The summed E-state index contributed by atoms with van der Waals surface area (Å²) in [6.45, 7) is 0.951. The largest absolute Gasteiger partial charge is 0.495 e. The molecular weight excluding hydrogens is 325 g/mol. The third-order valence-corrected chi connectivity index (χ3v) is 5.42. The van der Waals surface area contributed by atoms with Crippen LogP contribution in [0.4, 0.5) is 4.39 Å². The van der Waals surface area contributed by atoms with E-state index in [1.807, 2.05) is 0 Å². The molecule has 0 aliphatic carbocycles. The molecule has 0 saturated carbocycles. The predicted octanol–water partition coefficient (Wildman–Crippen LogP) is 2.38. The van der Waals surface area contributed by atoms with Gasteiger partial charge < -0.3 is 4.74 Å². The number of rotatable bonds is 3. The molecule has 1 aromatic carbocycles. The summed E-state index contributed by atoms with van der Waals surface area (Å²) >= 11 is 3.01. The van der Waals surface area contributed by atoms with E-state index < -0.39 is 15.8 Å². The summed E-state index contributed by atoms with van der Waals surface area (Å²) < 4.78 is 44.8. The third-order valence-electron chi connectivity index (χ3n) is 2.89. The SMILES string of the molecule is COc1cc(Br)c(F)cc1S(=O)(=O)N1CCCC1. The molecule has 0 aromatic heterocycles. The maximum atomic E-state index is 13.5. The lowest BCUT2D eigenvalue weighted by Gasteiger charge is -2.17. The third kappa shape index (κ3) is 2.39. The molecule has 4 nitrogen and oxygen atoms in total. The average molecular weight is 338 g/mol. The van der Waals surface area contributed by atoms with Crippen molar-refractivity contribution in [2.75, 3.05) is 20.2 Å². The second-order valence-electron chi connectivity index (χ2n) is 4.03. The molecule has 2 rings (SSSR count). The first kappa shape index (κ1) is 13.8. The zero-order valence-corrected chi connectivity index (χ0v) is 12.2. The number of halogens is 2. The second kappa shape index (κ2) is 5.14. The summed E-state index contributed by atoms with van der Waals surface area (Å²) in [5.41, 5.74) is 0. The summed E-state index contributed by atoms with van der Waals surface area (Å²) in [7, 11) is -2.31. The predicted molar refractivity (Wildman–Crippen MR) is 68.6 cm³/mol.